The molecule has 0 fully saturated rings. The molecule has 1 aromatic heterocycles. The predicted molar refractivity (Wildman–Crippen MR) is 130 cm³/mol. The van der Waals surface area contributed by atoms with Crippen molar-refractivity contribution < 1.29 is 23.5 Å². The molecular weight excluding hydrogens is 449 g/mol. The van der Waals surface area contributed by atoms with Crippen molar-refractivity contribution in [1.29, 1.82) is 0 Å². The number of carbonyl (C=O) groups excluding carboxylic acids is 2. The fraction of sp³-hybridized carbons (Fsp3) is 0.185. The van der Waals surface area contributed by atoms with Crippen LogP contribution in [0.3, 0.4) is 0 Å². The van der Waals surface area contributed by atoms with Crippen molar-refractivity contribution in [3.8, 4) is 11.5 Å². The molecule has 7 nitrogen and oxygen atoms in total. The molecule has 1 aliphatic heterocycles. The first kappa shape index (κ1) is 22.5. The summed E-state index contributed by atoms with van der Waals surface area (Å²) in [6.07, 6.45) is 2.87. The van der Waals surface area contributed by atoms with Crippen molar-refractivity contribution in [3.05, 3.63) is 89.9 Å². The summed E-state index contributed by atoms with van der Waals surface area (Å²) in [5, 5.41) is 6.65. The van der Waals surface area contributed by atoms with E-state index in [4.69, 9.17) is 9.47 Å². The third-order valence-corrected chi connectivity index (χ3v) is 5.84. The van der Waals surface area contributed by atoms with Crippen molar-refractivity contribution >= 4 is 28.4 Å². The average molecular weight is 474 g/mol. The summed E-state index contributed by atoms with van der Waals surface area (Å²) in [6, 6.07) is 17.2. The van der Waals surface area contributed by atoms with Gasteiger partial charge in [-0.15, -0.1) is 0 Å². The van der Waals surface area contributed by atoms with Gasteiger partial charge in [0, 0.05) is 47.3 Å². The number of anilines is 1. The minimum absolute atomic E-state index is 0.257. The molecule has 0 radical (unpaired) electrons. The van der Waals surface area contributed by atoms with Crippen LogP contribution in [0.25, 0.3) is 10.9 Å². The lowest BCUT2D eigenvalue weighted by Crippen LogP contribution is -2.45. The zero-order valence-corrected chi connectivity index (χ0v) is 18.8. The molecule has 1 atom stereocenters. The third kappa shape index (κ3) is 5.11. The number of ether oxygens (including phenoxy) is 2. The molecule has 3 aromatic carbocycles. The number of fused-ring (bicyclic) bond motifs is 2. The zero-order valence-electron chi connectivity index (χ0n) is 18.8. The van der Waals surface area contributed by atoms with Crippen LogP contribution >= 0.6 is 0 Å². The molecule has 0 bridgehead atoms. The standard InChI is InChI=1S/C27H24FN3O4/c28-19-8-6-17(7-9-19)26(32)31-23(14-18-16-29-22-5-2-1-4-21(18)22)27(33)30-20-10-11-24-25(15-20)35-13-3-12-34-24/h1-2,4-11,15-16,23,29H,3,12-14H2,(H,30,33)(H,31,32)/t23-/m0/s1. The summed E-state index contributed by atoms with van der Waals surface area (Å²) in [5.41, 5.74) is 2.62. The van der Waals surface area contributed by atoms with Crippen molar-refractivity contribution in [2.24, 2.45) is 0 Å². The largest absolute Gasteiger partial charge is 0.490 e. The molecule has 2 amide bonds. The highest BCUT2D eigenvalue weighted by Gasteiger charge is 2.24. The monoisotopic (exact) mass is 473 g/mol. The van der Waals surface area contributed by atoms with Gasteiger partial charge in [0.1, 0.15) is 11.9 Å². The minimum atomic E-state index is -0.886. The van der Waals surface area contributed by atoms with Gasteiger partial charge in [-0.05, 0) is 48.0 Å². The van der Waals surface area contributed by atoms with Crippen LogP contribution in [0.5, 0.6) is 11.5 Å². The number of halogens is 1. The number of nitrogens with one attached hydrogen (secondary N) is 3. The molecule has 0 unspecified atom stereocenters. The van der Waals surface area contributed by atoms with Crippen molar-refractivity contribution in [1.82, 2.24) is 10.3 Å². The molecule has 0 spiro atoms. The number of hydrogen-bond donors (Lipinski definition) is 3. The lowest BCUT2D eigenvalue weighted by Gasteiger charge is -2.19. The Morgan fingerprint density at radius 2 is 1.74 bits per heavy atom. The SMILES string of the molecule is O=C(N[C@@H](Cc1c[nH]c2ccccc12)C(=O)Nc1ccc2c(c1)OCCCO2)c1ccc(F)cc1. The maximum atomic E-state index is 13.4. The molecule has 4 aromatic rings. The van der Waals surface area contributed by atoms with Crippen LogP contribution in [0, 0.1) is 5.82 Å². The maximum Gasteiger partial charge on any atom is 0.251 e. The molecule has 8 heteroatoms. The first-order chi connectivity index (χ1) is 17.1. The molecule has 3 N–H and O–H groups in total. The van der Waals surface area contributed by atoms with E-state index in [1.165, 1.54) is 24.3 Å². The van der Waals surface area contributed by atoms with Gasteiger partial charge >= 0.3 is 0 Å². The Bertz CT molecular complexity index is 1370. The second kappa shape index (κ2) is 9.89. The van der Waals surface area contributed by atoms with E-state index >= 15 is 0 Å². The molecule has 1 aliphatic rings. The van der Waals surface area contributed by atoms with Crippen LogP contribution in [0.1, 0.15) is 22.3 Å². The Morgan fingerprint density at radius 3 is 2.57 bits per heavy atom. The van der Waals surface area contributed by atoms with Gasteiger partial charge in [-0.1, -0.05) is 18.2 Å². The van der Waals surface area contributed by atoms with Gasteiger partial charge in [-0.25, -0.2) is 4.39 Å². The lowest BCUT2D eigenvalue weighted by molar-refractivity contribution is -0.118. The number of carbonyl (C=O) groups is 2. The van der Waals surface area contributed by atoms with E-state index in [0.29, 0.717) is 30.4 Å². The highest BCUT2D eigenvalue weighted by molar-refractivity contribution is 6.01. The highest BCUT2D eigenvalue weighted by Crippen LogP contribution is 2.32. The van der Waals surface area contributed by atoms with E-state index in [-0.39, 0.29) is 17.9 Å². The minimum Gasteiger partial charge on any atom is -0.490 e. The van der Waals surface area contributed by atoms with Gasteiger partial charge in [-0.3, -0.25) is 9.59 Å². The molecule has 2 heterocycles. The normalized spacial score (nSPS) is 13.6. The summed E-state index contributed by atoms with van der Waals surface area (Å²) in [7, 11) is 0. The van der Waals surface area contributed by atoms with E-state index in [2.05, 4.69) is 15.6 Å². The number of para-hydroxylation sites is 1. The predicted octanol–water partition coefficient (Wildman–Crippen LogP) is 4.45. The van der Waals surface area contributed by atoms with Gasteiger partial charge in [0.25, 0.3) is 5.91 Å². The molecule has 0 aliphatic carbocycles. The number of benzene rings is 3. The van der Waals surface area contributed by atoms with Gasteiger partial charge in [-0.2, -0.15) is 0 Å². The number of amides is 2. The van der Waals surface area contributed by atoms with Gasteiger partial charge in [0.15, 0.2) is 11.5 Å². The topological polar surface area (TPSA) is 92.5 Å². The highest BCUT2D eigenvalue weighted by atomic mass is 19.1. The molecular formula is C27H24FN3O4. The van der Waals surface area contributed by atoms with Gasteiger partial charge in [0.2, 0.25) is 5.91 Å². The van der Waals surface area contributed by atoms with E-state index in [0.717, 1.165) is 22.9 Å². The summed E-state index contributed by atoms with van der Waals surface area (Å²) in [6.45, 7) is 1.10. The number of aromatic amines is 1. The first-order valence-electron chi connectivity index (χ1n) is 11.4. The Kier molecular flexibility index (Phi) is 6.34. The fourth-order valence-electron chi connectivity index (χ4n) is 4.04. The van der Waals surface area contributed by atoms with E-state index in [9.17, 15) is 14.0 Å². The Hall–Kier alpha value is -4.33. The number of H-pyrrole nitrogens is 1. The Balaban J connectivity index is 1.39. The smallest absolute Gasteiger partial charge is 0.251 e. The van der Waals surface area contributed by atoms with Crippen LogP contribution in [0.4, 0.5) is 10.1 Å². The Labute approximate surface area is 201 Å². The van der Waals surface area contributed by atoms with Crippen LogP contribution in [-0.2, 0) is 11.2 Å². The van der Waals surface area contributed by atoms with Crippen LogP contribution < -0.4 is 20.1 Å². The second-order valence-electron chi connectivity index (χ2n) is 8.30. The van der Waals surface area contributed by atoms with Crippen LogP contribution in [-0.4, -0.2) is 36.1 Å². The molecule has 0 saturated heterocycles. The van der Waals surface area contributed by atoms with Crippen LogP contribution in [0.15, 0.2) is 72.9 Å². The summed E-state index contributed by atoms with van der Waals surface area (Å²) in [5.74, 6) is -0.114. The van der Waals surface area contributed by atoms with Gasteiger partial charge < -0.3 is 25.1 Å². The zero-order chi connectivity index (χ0) is 24.2. The van der Waals surface area contributed by atoms with E-state index in [1.54, 1.807) is 18.2 Å². The molecule has 0 saturated carbocycles. The lowest BCUT2D eigenvalue weighted by atomic mass is 10.0. The number of hydrogen-bond acceptors (Lipinski definition) is 4. The van der Waals surface area contributed by atoms with Crippen molar-refractivity contribution in [3.63, 3.8) is 0 Å². The van der Waals surface area contributed by atoms with Crippen molar-refractivity contribution in [2.45, 2.75) is 18.9 Å². The quantitative estimate of drug-likeness (QED) is 0.386. The van der Waals surface area contributed by atoms with E-state index in [1.807, 2.05) is 30.5 Å². The summed E-state index contributed by atoms with van der Waals surface area (Å²) in [4.78, 5) is 29.4. The Morgan fingerprint density at radius 1 is 0.971 bits per heavy atom. The maximum absolute atomic E-state index is 13.4. The number of aromatic nitrogens is 1. The third-order valence-electron chi connectivity index (χ3n) is 5.84. The molecule has 35 heavy (non-hydrogen) atoms. The second-order valence-corrected chi connectivity index (χ2v) is 8.30. The summed E-state index contributed by atoms with van der Waals surface area (Å²) >= 11 is 0. The van der Waals surface area contributed by atoms with Gasteiger partial charge in [0.05, 0.1) is 13.2 Å². The number of rotatable bonds is 6. The summed E-state index contributed by atoms with van der Waals surface area (Å²) < 4.78 is 24.7. The fourth-order valence-corrected chi connectivity index (χ4v) is 4.04. The van der Waals surface area contributed by atoms with Crippen LogP contribution in [0.2, 0.25) is 0 Å². The molecule has 5 rings (SSSR count). The average Bonchev–Trinajstić information content (AvgIpc) is 3.12. The first-order valence-corrected chi connectivity index (χ1v) is 11.4. The van der Waals surface area contributed by atoms with Crippen molar-refractivity contribution in [2.75, 3.05) is 18.5 Å². The molecule has 178 valence electrons. The van der Waals surface area contributed by atoms with E-state index < -0.39 is 17.8 Å².